The number of hydrogen-bond donors (Lipinski definition) is 2. The number of carbonyl (C=O) groups is 1. The summed E-state index contributed by atoms with van der Waals surface area (Å²) in [7, 11) is 1.95. The molecule has 0 aliphatic rings. The summed E-state index contributed by atoms with van der Waals surface area (Å²) in [6.45, 7) is 4.17. The molecule has 2 N–H and O–H groups in total. The Hall–Kier alpha value is -2.86. The van der Waals surface area contributed by atoms with E-state index < -0.39 is 0 Å². The average molecular weight is 339 g/mol. The van der Waals surface area contributed by atoms with Gasteiger partial charge in [0.15, 0.2) is 0 Å². The van der Waals surface area contributed by atoms with Crippen molar-refractivity contribution in [2.75, 3.05) is 11.9 Å². The topological polar surface area (TPSA) is 76.4 Å². The van der Waals surface area contributed by atoms with E-state index in [1.54, 1.807) is 30.3 Å². The lowest BCUT2D eigenvalue weighted by Gasteiger charge is -2.11. The summed E-state index contributed by atoms with van der Waals surface area (Å²) in [4.78, 5) is 17.0. The highest BCUT2D eigenvalue weighted by Crippen LogP contribution is 2.24. The Kier molecular flexibility index (Phi) is 4.72. The lowest BCUT2D eigenvalue weighted by atomic mass is 10.1. The van der Waals surface area contributed by atoms with Crippen LogP contribution in [0.25, 0.3) is 11.0 Å². The number of aliphatic hydroxyl groups is 1. The van der Waals surface area contributed by atoms with E-state index in [-0.39, 0.29) is 12.5 Å². The molecule has 2 aromatic carbocycles. The Morgan fingerprint density at radius 1 is 1.28 bits per heavy atom. The number of carbonyl (C=O) groups excluding carboxylic acids is 1. The molecule has 0 unspecified atom stereocenters. The maximum absolute atomic E-state index is 12.5. The number of anilines is 1. The zero-order valence-corrected chi connectivity index (χ0v) is 14.5. The second-order valence-corrected chi connectivity index (χ2v) is 5.79. The van der Waals surface area contributed by atoms with E-state index in [4.69, 9.17) is 4.74 Å². The van der Waals surface area contributed by atoms with E-state index in [1.165, 1.54) is 0 Å². The first-order valence-electron chi connectivity index (χ1n) is 8.14. The van der Waals surface area contributed by atoms with Gasteiger partial charge in [0.25, 0.3) is 5.91 Å². The summed E-state index contributed by atoms with van der Waals surface area (Å²) in [6, 6.07) is 10.7. The van der Waals surface area contributed by atoms with E-state index in [0.717, 1.165) is 16.9 Å². The van der Waals surface area contributed by atoms with E-state index in [9.17, 15) is 9.90 Å². The van der Waals surface area contributed by atoms with Crippen LogP contribution in [-0.4, -0.2) is 27.2 Å². The lowest BCUT2D eigenvalue weighted by Crippen LogP contribution is -2.12. The number of amides is 1. The number of imidazole rings is 1. The Morgan fingerprint density at radius 2 is 2.08 bits per heavy atom. The molecule has 0 aliphatic carbocycles. The monoisotopic (exact) mass is 339 g/mol. The number of nitrogens with zero attached hydrogens (tertiary/aromatic N) is 2. The number of nitrogens with one attached hydrogen (secondary N) is 1. The highest BCUT2D eigenvalue weighted by molar-refractivity contribution is 6.06. The van der Waals surface area contributed by atoms with Crippen LogP contribution < -0.4 is 10.1 Å². The standard InChI is InChI=1S/C19H21N3O3/c1-4-25-18-8-6-15(9-14(18)11-23)21-19(24)13-5-7-17-16(10-13)20-12(2)22(17)3/h5-10,23H,4,11H2,1-3H3,(H,21,24). The molecule has 1 amide bonds. The van der Waals surface area contributed by atoms with E-state index in [0.29, 0.717) is 29.2 Å². The van der Waals surface area contributed by atoms with Crippen LogP contribution >= 0.6 is 0 Å². The number of aliphatic hydroxyl groups excluding tert-OH is 1. The van der Waals surface area contributed by atoms with Crippen molar-refractivity contribution in [2.45, 2.75) is 20.5 Å². The van der Waals surface area contributed by atoms with Crippen molar-refractivity contribution in [3.8, 4) is 5.75 Å². The number of fused-ring (bicyclic) bond motifs is 1. The van der Waals surface area contributed by atoms with Crippen LogP contribution in [-0.2, 0) is 13.7 Å². The third kappa shape index (κ3) is 3.34. The van der Waals surface area contributed by atoms with Gasteiger partial charge in [-0.25, -0.2) is 4.98 Å². The Bertz CT molecular complexity index is 931. The smallest absolute Gasteiger partial charge is 0.255 e. The normalized spacial score (nSPS) is 10.9. The van der Waals surface area contributed by atoms with Gasteiger partial charge >= 0.3 is 0 Å². The van der Waals surface area contributed by atoms with Gasteiger partial charge in [0.1, 0.15) is 11.6 Å². The molecule has 0 saturated carbocycles. The lowest BCUT2D eigenvalue weighted by molar-refractivity contribution is 0.102. The van der Waals surface area contributed by atoms with Crippen LogP contribution in [0.1, 0.15) is 28.7 Å². The predicted octanol–water partition coefficient (Wildman–Crippen LogP) is 3.03. The van der Waals surface area contributed by atoms with Crippen LogP contribution in [0.4, 0.5) is 5.69 Å². The second kappa shape index (κ2) is 6.94. The first-order valence-corrected chi connectivity index (χ1v) is 8.14. The summed E-state index contributed by atoms with van der Waals surface area (Å²) in [6.07, 6.45) is 0. The molecule has 6 heteroatoms. The van der Waals surface area contributed by atoms with Crippen molar-refractivity contribution in [1.82, 2.24) is 9.55 Å². The molecular formula is C19H21N3O3. The summed E-state index contributed by atoms with van der Waals surface area (Å²) in [5.74, 6) is 1.29. The maximum atomic E-state index is 12.5. The Balaban J connectivity index is 1.84. The fourth-order valence-electron chi connectivity index (χ4n) is 2.74. The van der Waals surface area contributed by atoms with Gasteiger partial charge in [0.2, 0.25) is 0 Å². The molecule has 0 atom stereocenters. The number of benzene rings is 2. The van der Waals surface area contributed by atoms with Crippen LogP contribution in [0.2, 0.25) is 0 Å². The molecule has 0 fully saturated rings. The number of aromatic nitrogens is 2. The molecule has 0 radical (unpaired) electrons. The number of aryl methyl sites for hydroxylation is 2. The highest BCUT2D eigenvalue weighted by Gasteiger charge is 2.12. The molecular weight excluding hydrogens is 318 g/mol. The van der Waals surface area contributed by atoms with Crippen molar-refractivity contribution in [2.24, 2.45) is 7.05 Å². The molecule has 0 aliphatic heterocycles. The number of hydrogen-bond acceptors (Lipinski definition) is 4. The van der Waals surface area contributed by atoms with Gasteiger partial charge in [0.05, 0.1) is 24.2 Å². The molecule has 0 bridgehead atoms. The summed E-state index contributed by atoms with van der Waals surface area (Å²) in [5.41, 5.74) is 3.54. The third-order valence-corrected chi connectivity index (χ3v) is 4.16. The minimum atomic E-state index is -0.224. The van der Waals surface area contributed by atoms with Crippen molar-refractivity contribution >= 4 is 22.6 Å². The van der Waals surface area contributed by atoms with Crippen molar-refractivity contribution in [3.63, 3.8) is 0 Å². The third-order valence-electron chi connectivity index (χ3n) is 4.16. The summed E-state index contributed by atoms with van der Waals surface area (Å²) >= 11 is 0. The van der Waals surface area contributed by atoms with Crippen molar-refractivity contribution in [1.29, 1.82) is 0 Å². The molecule has 0 saturated heterocycles. The number of rotatable bonds is 5. The minimum Gasteiger partial charge on any atom is -0.494 e. The van der Waals surface area contributed by atoms with Gasteiger partial charge in [-0.1, -0.05) is 0 Å². The molecule has 3 aromatic rings. The van der Waals surface area contributed by atoms with E-state index in [2.05, 4.69) is 10.3 Å². The van der Waals surface area contributed by atoms with Crippen LogP contribution in [0.3, 0.4) is 0 Å². The molecule has 130 valence electrons. The first kappa shape index (κ1) is 17.0. The number of ether oxygens (including phenoxy) is 1. The summed E-state index contributed by atoms with van der Waals surface area (Å²) in [5, 5.41) is 12.3. The van der Waals surface area contributed by atoms with E-state index in [1.807, 2.05) is 31.5 Å². The van der Waals surface area contributed by atoms with E-state index >= 15 is 0 Å². The van der Waals surface area contributed by atoms with Crippen molar-refractivity contribution in [3.05, 3.63) is 53.3 Å². The minimum absolute atomic E-state index is 0.155. The molecule has 1 aromatic heterocycles. The molecule has 6 nitrogen and oxygen atoms in total. The quantitative estimate of drug-likeness (QED) is 0.749. The molecule has 25 heavy (non-hydrogen) atoms. The molecule has 3 rings (SSSR count). The first-order chi connectivity index (χ1) is 12.0. The molecule has 0 spiro atoms. The Morgan fingerprint density at radius 3 is 2.80 bits per heavy atom. The fourth-order valence-corrected chi connectivity index (χ4v) is 2.74. The van der Waals surface area contributed by atoms with Gasteiger partial charge < -0.3 is 19.7 Å². The largest absolute Gasteiger partial charge is 0.494 e. The van der Waals surface area contributed by atoms with Gasteiger partial charge in [-0.3, -0.25) is 4.79 Å². The summed E-state index contributed by atoms with van der Waals surface area (Å²) < 4.78 is 7.43. The van der Waals surface area contributed by atoms with Gasteiger partial charge in [-0.15, -0.1) is 0 Å². The van der Waals surface area contributed by atoms with Crippen LogP contribution in [0, 0.1) is 6.92 Å². The predicted molar refractivity (Wildman–Crippen MR) is 96.9 cm³/mol. The van der Waals surface area contributed by atoms with Crippen LogP contribution in [0.5, 0.6) is 5.75 Å². The van der Waals surface area contributed by atoms with Gasteiger partial charge in [-0.2, -0.15) is 0 Å². The average Bonchev–Trinajstić information content (AvgIpc) is 2.90. The SMILES string of the molecule is CCOc1ccc(NC(=O)c2ccc3c(c2)nc(C)n3C)cc1CO. The zero-order valence-electron chi connectivity index (χ0n) is 14.5. The van der Waals surface area contributed by atoms with Gasteiger partial charge in [-0.05, 0) is 50.2 Å². The fraction of sp³-hybridized carbons (Fsp3) is 0.263. The van der Waals surface area contributed by atoms with Crippen molar-refractivity contribution < 1.29 is 14.6 Å². The highest BCUT2D eigenvalue weighted by atomic mass is 16.5. The zero-order chi connectivity index (χ0) is 18.0. The van der Waals surface area contributed by atoms with Crippen LogP contribution in [0.15, 0.2) is 36.4 Å². The Labute approximate surface area is 146 Å². The van der Waals surface area contributed by atoms with Gasteiger partial charge in [0, 0.05) is 23.9 Å². The second-order valence-electron chi connectivity index (χ2n) is 5.79. The molecule has 1 heterocycles. The maximum Gasteiger partial charge on any atom is 0.255 e.